The van der Waals surface area contributed by atoms with Crippen molar-refractivity contribution in [2.45, 2.75) is 69.5 Å². The Bertz CT molecular complexity index is 846. The first-order valence-corrected chi connectivity index (χ1v) is 13.9. The van der Waals surface area contributed by atoms with Crippen molar-refractivity contribution in [3.8, 4) is 0 Å². The average molecular weight is 385 g/mol. The lowest BCUT2D eigenvalue weighted by molar-refractivity contribution is -0.117. The van der Waals surface area contributed by atoms with Crippen LogP contribution in [0.1, 0.15) is 25.7 Å². The molecule has 2 atom stereocenters. The number of hydrogen-bond donors (Lipinski definition) is 3. The van der Waals surface area contributed by atoms with Gasteiger partial charge in [0.25, 0.3) is 5.91 Å². The summed E-state index contributed by atoms with van der Waals surface area (Å²) in [6.45, 7) is 7.13. The van der Waals surface area contributed by atoms with E-state index in [0.29, 0.717) is 17.8 Å². The highest BCUT2D eigenvalue weighted by atomic mass is 28.3. The van der Waals surface area contributed by atoms with Gasteiger partial charge < -0.3 is 15.6 Å². The molecule has 2 unspecified atom stereocenters. The highest BCUT2D eigenvalue weighted by Crippen LogP contribution is 2.34. The molecule has 0 aromatic heterocycles. The maximum absolute atomic E-state index is 12.9. The van der Waals surface area contributed by atoms with E-state index in [4.69, 9.17) is 0 Å². The normalized spacial score (nSPS) is 27.9. The number of fused-ring (bicyclic) bond motifs is 3. The fourth-order valence-corrected chi connectivity index (χ4v) is 5.45. The van der Waals surface area contributed by atoms with Crippen molar-refractivity contribution >= 4 is 31.4 Å². The van der Waals surface area contributed by atoms with Gasteiger partial charge in [-0.2, -0.15) is 0 Å². The Morgan fingerprint density at radius 2 is 1.93 bits per heavy atom. The van der Waals surface area contributed by atoms with E-state index in [1.54, 1.807) is 0 Å². The van der Waals surface area contributed by atoms with Gasteiger partial charge in [-0.15, -0.1) is 0 Å². The highest BCUT2D eigenvalue weighted by Gasteiger charge is 2.39. The molecular weight excluding hydrogens is 352 g/mol. The minimum absolute atomic E-state index is 0.00836. The summed E-state index contributed by atoms with van der Waals surface area (Å²) in [4.78, 5) is 15.4. The monoisotopic (exact) mass is 384 g/mol. The fourth-order valence-electron chi connectivity index (χ4n) is 4.60. The van der Waals surface area contributed by atoms with Crippen molar-refractivity contribution in [2.24, 2.45) is 0 Å². The molecule has 27 heavy (non-hydrogen) atoms. The maximum atomic E-state index is 12.9. The Morgan fingerprint density at radius 1 is 1.22 bits per heavy atom. The van der Waals surface area contributed by atoms with Gasteiger partial charge >= 0.3 is 0 Å². The number of carbonyl (C=O) groups is 1. The van der Waals surface area contributed by atoms with Gasteiger partial charge in [0, 0.05) is 31.4 Å². The van der Waals surface area contributed by atoms with Crippen molar-refractivity contribution in [3.05, 3.63) is 28.6 Å². The highest BCUT2D eigenvalue weighted by molar-refractivity contribution is 6.77. The molecule has 3 aliphatic heterocycles. The zero-order valence-corrected chi connectivity index (χ0v) is 17.9. The number of hydrazine groups is 1. The van der Waals surface area contributed by atoms with Gasteiger partial charge in [-0.1, -0.05) is 31.8 Å². The minimum Gasteiger partial charge on any atom is -0.348 e. The summed E-state index contributed by atoms with van der Waals surface area (Å²) < 4.78 is 0. The Labute approximate surface area is 162 Å². The van der Waals surface area contributed by atoms with Gasteiger partial charge in [-0.3, -0.25) is 10.2 Å². The van der Waals surface area contributed by atoms with Gasteiger partial charge in [0.05, 0.1) is 5.69 Å². The van der Waals surface area contributed by atoms with E-state index in [2.05, 4.69) is 72.0 Å². The van der Waals surface area contributed by atoms with Crippen molar-refractivity contribution < 1.29 is 4.79 Å². The first-order chi connectivity index (χ1) is 12.8. The third-order valence-corrected chi connectivity index (χ3v) is 7.67. The summed E-state index contributed by atoms with van der Waals surface area (Å²) in [5, 5.41) is 5.46. The molecule has 0 saturated carbocycles. The zero-order chi connectivity index (χ0) is 19.2. The van der Waals surface area contributed by atoms with Gasteiger partial charge in [0.15, 0.2) is 0 Å². The second kappa shape index (κ2) is 6.98. The lowest BCUT2D eigenvalue weighted by Crippen LogP contribution is -2.49. The van der Waals surface area contributed by atoms with Crippen molar-refractivity contribution in [1.29, 1.82) is 0 Å². The molecule has 1 aromatic carbocycles. The summed E-state index contributed by atoms with van der Waals surface area (Å²) in [7, 11) is 1.13. The fraction of sp³-hybridized carbons (Fsp3) is 0.571. The van der Waals surface area contributed by atoms with Crippen molar-refractivity contribution in [3.63, 3.8) is 0 Å². The number of hydrogen-bond acceptors (Lipinski definition) is 4. The second-order valence-electron chi connectivity index (χ2n) is 9.59. The van der Waals surface area contributed by atoms with Crippen LogP contribution in [0.15, 0.2) is 18.2 Å². The molecule has 3 heterocycles. The second-order valence-corrected chi connectivity index (χ2v) is 15.1. The number of carbonyl (C=O) groups excluding carboxylic acids is 1. The molecule has 3 aliphatic rings. The summed E-state index contributed by atoms with van der Waals surface area (Å²) in [5.41, 5.74) is 7.91. The van der Waals surface area contributed by atoms with E-state index in [0.717, 1.165) is 29.8 Å². The van der Waals surface area contributed by atoms with Crippen LogP contribution in [-0.4, -0.2) is 44.1 Å². The Kier molecular flexibility index (Phi) is 4.80. The summed E-state index contributed by atoms with van der Waals surface area (Å²) in [6, 6.07) is 9.03. The lowest BCUT2D eigenvalue weighted by Gasteiger charge is -2.36. The quantitative estimate of drug-likeness (QED) is 0.690. The van der Waals surface area contributed by atoms with Crippen LogP contribution in [0, 0.1) is 0 Å². The summed E-state index contributed by atoms with van der Waals surface area (Å²) in [5.74, 6) is 0.00836. The molecule has 2 fully saturated rings. The minimum atomic E-state index is -1.10. The van der Waals surface area contributed by atoms with Crippen LogP contribution < -0.4 is 26.6 Å². The standard InChI is InChI=1S/C21H32N4OSi/c1-25-16-6-7-17(25)13-15(12-16)22-21(26)20-18-8-5-14(9-10-27(2,3)4)11-19(18)23-24-20/h5,8-9,11,15-17,23-24H,6-7,10,12-13H2,1-4H3,(H,22,26). The van der Waals surface area contributed by atoms with Crippen LogP contribution in [0.4, 0.5) is 5.69 Å². The predicted molar refractivity (Wildman–Crippen MR) is 114 cm³/mol. The summed E-state index contributed by atoms with van der Waals surface area (Å²) >= 11 is 0. The van der Waals surface area contributed by atoms with Gasteiger partial charge in [0.2, 0.25) is 0 Å². The van der Waals surface area contributed by atoms with E-state index < -0.39 is 8.07 Å². The molecule has 0 radical (unpaired) electrons. The number of nitrogens with one attached hydrogen (secondary N) is 3. The van der Waals surface area contributed by atoms with Gasteiger partial charge in [0.1, 0.15) is 5.70 Å². The van der Waals surface area contributed by atoms with Crippen LogP contribution in [0.5, 0.6) is 0 Å². The predicted octanol–water partition coefficient (Wildman–Crippen LogP) is 1.58. The van der Waals surface area contributed by atoms with E-state index >= 15 is 0 Å². The molecule has 1 amide bonds. The van der Waals surface area contributed by atoms with Crippen LogP contribution in [0.25, 0.3) is 11.8 Å². The number of piperidine rings is 1. The number of anilines is 1. The number of rotatable bonds is 4. The molecule has 2 saturated heterocycles. The molecule has 0 spiro atoms. The third kappa shape index (κ3) is 3.92. The average Bonchev–Trinajstić information content (AvgIpc) is 3.09. The van der Waals surface area contributed by atoms with E-state index in [9.17, 15) is 4.79 Å². The molecule has 4 rings (SSSR count). The molecule has 6 heteroatoms. The smallest absolute Gasteiger partial charge is 0.270 e. The number of nitrogens with zero attached hydrogens (tertiary/aromatic N) is 1. The van der Waals surface area contributed by atoms with Crippen LogP contribution >= 0.6 is 0 Å². The molecular formula is C21H32N4OSi. The Balaban J connectivity index is 1.50. The van der Waals surface area contributed by atoms with Crippen LogP contribution in [-0.2, 0) is 4.79 Å². The lowest BCUT2D eigenvalue weighted by atomic mass is 9.98. The van der Waals surface area contributed by atoms with Crippen LogP contribution in [0.3, 0.4) is 0 Å². The molecule has 1 aromatic rings. The zero-order valence-electron chi connectivity index (χ0n) is 16.9. The SMILES string of the molecule is CN1C2CCC1CC(NC(=O)C1=c3ccc(=CC[Si](C)(C)C)cc3NN1)C2. The van der Waals surface area contributed by atoms with E-state index in [-0.39, 0.29) is 11.9 Å². The number of amides is 1. The van der Waals surface area contributed by atoms with Crippen LogP contribution in [0.2, 0.25) is 25.7 Å². The molecule has 0 aliphatic carbocycles. The molecule has 2 bridgehead atoms. The van der Waals surface area contributed by atoms with E-state index in [1.165, 1.54) is 18.1 Å². The van der Waals surface area contributed by atoms with Crippen molar-refractivity contribution in [2.75, 3.05) is 12.5 Å². The van der Waals surface area contributed by atoms with E-state index in [1.807, 2.05) is 0 Å². The first-order valence-electron chi connectivity index (χ1n) is 10.2. The molecule has 3 N–H and O–H groups in total. The Hall–Kier alpha value is -1.79. The van der Waals surface area contributed by atoms with Gasteiger partial charge in [-0.25, -0.2) is 0 Å². The molecule has 146 valence electrons. The topological polar surface area (TPSA) is 56.4 Å². The maximum Gasteiger partial charge on any atom is 0.270 e. The van der Waals surface area contributed by atoms with Crippen molar-refractivity contribution in [1.82, 2.24) is 15.6 Å². The third-order valence-electron chi connectivity index (χ3n) is 6.25. The summed E-state index contributed by atoms with van der Waals surface area (Å²) in [6.07, 6.45) is 6.99. The first kappa shape index (κ1) is 18.6. The Morgan fingerprint density at radius 3 is 2.59 bits per heavy atom. The number of benzene rings is 1. The molecule has 5 nitrogen and oxygen atoms in total. The largest absolute Gasteiger partial charge is 0.348 e. The van der Waals surface area contributed by atoms with Gasteiger partial charge in [-0.05, 0) is 56.1 Å².